The van der Waals surface area contributed by atoms with Crippen LogP contribution in [0.1, 0.15) is 25.5 Å². The van der Waals surface area contributed by atoms with Crippen molar-refractivity contribution < 1.29 is 4.74 Å². The number of aromatic nitrogens is 1. The second kappa shape index (κ2) is 6.53. The highest BCUT2D eigenvalue weighted by molar-refractivity contribution is 5.04. The molecule has 1 aromatic heterocycles. The molecule has 1 aromatic rings. The lowest BCUT2D eigenvalue weighted by Gasteiger charge is -2.14. The molecule has 0 amide bonds. The van der Waals surface area contributed by atoms with Crippen LogP contribution in [-0.4, -0.2) is 24.2 Å². The van der Waals surface area contributed by atoms with Gasteiger partial charge in [-0.05, 0) is 31.9 Å². The average molecular weight is 208 g/mol. The Morgan fingerprint density at radius 2 is 2.20 bits per heavy atom. The van der Waals surface area contributed by atoms with Crippen LogP contribution in [0.3, 0.4) is 0 Å². The molecule has 0 aliphatic carbocycles. The monoisotopic (exact) mass is 208 g/mol. The van der Waals surface area contributed by atoms with Gasteiger partial charge in [0.15, 0.2) is 0 Å². The van der Waals surface area contributed by atoms with Crippen LogP contribution in [0.5, 0.6) is 0 Å². The van der Waals surface area contributed by atoms with Gasteiger partial charge in [0.25, 0.3) is 0 Å². The highest BCUT2D eigenvalue weighted by Gasteiger charge is 2.07. The number of pyridine rings is 1. The summed E-state index contributed by atoms with van der Waals surface area (Å²) in [5.74, 6) is 0. The van der Waals surface area contributed by atoms with E-state index in [-0.39, 0.29) is 6.04 Å². The molecular weight excluding hydrogens is 188 g/mol. The lowest BCUT2D eigenvalue weighted by molar-refractivity contribution is 0.107. The van der Waals surface area contributed by atoms with Crippen LogP contribution < -0.4 is 5.73 Å². The van der Waals surface area contributed by atoms with Gasteiger partial charge in [-0.25, -0.2) is 0 Å². The van der Waals surface area contributed by atoms with Gasteiger partial charge in [-0.15, -0.1) is 0 Å². The van der Waals surface area contributed by atoms with Gasteiger partial charge in [-0.2, -0.15) is 0 Å². The molecule has 0 saturated heterocycles. The normalized spacial score (nSPS) is 14.9. The van der Waals surface area contributed by atoms with Gasteiger partial charge in [-0.1, -0.05) is 6.07 Å². The predicted molar refractivity (Wildman–Crippen MR) is 61.6 cm³/mol. The Hall–Kier alpha value is -0.930. The standard InChI is InChI=1S/C12H20N2O/c1-10(15-2)6-7-11(13)9-12-5-3-4-8-14-12/h3-5,8,10-11H,6-7,9,13H2,1-2H3. The fourth-order valence-electron chi connectivity index (χ4n) is 1.46. The lowest BCUT2D eigenvalue weighted by Crippen LogP contribution is -2.24. The molecule has 0 spiro atoms. The SMILES string of the molecule is COC(C)CCC(N)Cc1ccccn1. The molecule has 0 saturated carbocycles. The van der Waals surface area contributed by atoms with Crippen molar-refractivity contribution in [3.63, 3.8) is 0 Å². The van der Waals surface area contributed by atoms with E-state index in [0.29, 0.717) is 6.10 Å². The summed E-state index contributed by atoms with van der Waals surface area (Å²) in [6, 6.07) is 6.10. The number of hydrogen-bond acceptors (Lipinski definition) is 3. The Bertz CT molecular complexity index is 264. The van der Waals surface area contributed by atoms with Gasteiger partial charge < -0.3 is 10.5 Å². The van der Waals surface area contributed by atoms with Crippen molar-refractivity contribution in [1.29, 1.82) is 0 Å². The molecule has 0 aromatic carbocycles. The summed E-state index contributed by atoms with van der Waals surface area (Å²) >= 11 is 0. The number of ether oxygens (including phenoxy) is 1. The number of rotatable bonds is 6. The molecule has 2 N–H and O–H groups in total. The van der Waals surface area contributed by atoms with Crippen LogP contribution in [0.4, 0.5) is 0 Å². The van der Waals surface area contributed by atoms with Crippen LogP contribution in [0.25, 0.3) is 0 Å². The van der Waals surface area contributed by atoms with Crippen molar-refractivity contribution in [2.45, 2.75) is 38.3 Å². The minimum Gasteiger partial charge on any atom is -0.382 e. The maximum atomic E-state index is 6.01. The van der Waals surface area contributed by atoms with E-state index < -0.39 is 0 Å². The van der Waals surface area contributed by atoms with Gasteiger partial charge in [0.1, 0.15) is 0 Å². The molecular formula is C12H20N2O. The molecule has 1 rings (SSSR count). The molecule has 2 unspecified atom stereocenters. The molecule has 0 radical (unpaired) electrons. The zero-order chi connectivity index (χ0) is 11.1. The number of nitrogens with zero attached hydrogens (tertiary/aromatic N) is 1. The summed E-state index contributed by atoms with van der Waals surface area (Å²) < 4.78 is 5.18. The summed E-state index contributed by atoms with van der Waals surface area (Å²) in [7, 11) is 1.73. The van der Waals surface area contributed by atoms with Crippen LogP contribution in [0, 0.1) is 0 Å². The summed E-state index contributed by atoms with van der Waals surface area (Å²) in [6.07, 6.45) is 4.92. The number of nitrogens with two attached hydrogens (primary N) is 1. The quantitative estimate of drug-likeness (QED) is 0.775. The fourth-order valence-corrected chi connectivity index (χ4v) is 1.46. The minimum atomic E-state index is 0.178. The Kier molecular flexibility index (Phi) is 5.29. The highest BCUT2D eigenvalue weighted by atomic mass is 16.5. The first-order valence-corrected chi connectivity index (χ1v) is 5.40. The molecule has 0 aliphatic heterocycles. The third kappa shape index (κ3) is 4.91. The van der Waals surface area contributed by atoms with E-state index in [0.717, 1.165) is 25.0 Å². The molecule has 0 fully saturated rings. The molecule has 3 heteroatoms. The average Bonchev–Trinajstić information content (AvgIpc) is 2.27. The highest BCUT2D eigenvalue weighted by Crippen LogP contribution is 2.06. The van der Waals surface area contributed by atoms with Crippen molar-refractivity contribution >= 4 is 0 Å². The van der Waals surface area contributed by atoms with E-state index in [9.17, 15) is 0 Å². The van der Waals surface area contributed by atoms with Crippen LogP contribution in [0.2, 0.25) is 0 Å². The first-order valence-electron chi connectivity index (χ1n) is 5.40. The molecule has 3 nitrogen and oxygen atoms in total. The summed E-state index contributed by atoms with van der Waals surface area (Å²) in [5.41, 5.74) is 7.08. The zero-order valence-corrected chi connectivity index (χ0v) is 9.52. The van der Waals surface area contributed by atoms with Gasteiger partial charge in [0.05, 0.1) is 6.10 Å². The van der Waals surface area contributed by atoms with Crippen molar-refractivity contribution in [3.05, 3.63) is 30.1 Å². The van der Waals surface area contributed by atoms with Crippen LogP contribution >= 0.6 is 0 Å². The van der Waals surface area contributed by atoms with Crippen molar-refractivity contribution in [1.82, 2.24) is 4.98 Å². The number of hydrogen-bond donors (Lipinski definition) is 1. The summed E-state index contributed by atoms with van der Waals surface area (Å²) in [5, 5.41) is 0. The van der Waals surface area contributed by atoms with Gasteiger partial charge in [-0.3, -0.25) is 4.98 Å². The van der Waals surface area contributed by atoms with Crippen molar-refractivity contribution in [2.75, 3.05) is 7.11 Å². The third-order valence-electron chi connectivity index (χ3n) is 2.54. The van der Waals surface area contributed by atoms with E-state index in [1.807, 2.05) is 18.2 Å². The van der Waals surface area contributed by atoms with E-state index >= 15 is 0 Å². The summed E-state index contributed by atoms with van der Waals surface area (Å²) in [6.45, 7) is 2.06. The third-order valence-corrected chi connectivity index (χ3v) is 2.54. The van der Waals surface area contributed by atoms with E-state index in [4.69, 9.17) is 10.5 Å². The second-order valence-corrected chi connectivity index (χ2v) is 3.91. The van der Waals surface area contributed by atoms with E-state index in [1.54, 1.807) is 13.3 Å². The van der Waals surface area contributed by atoms with Crippen LogP contribution in [0.15, 0.2) is 24.4 Å². The largest absolute Gasteiger partial charge is 0.382 e. The first-order chi connectivity index (χ1) is 7.22. The maximum absolute atomic E-state index is 6.01. The topological polar surface area (TPSA) is 48.1 Å². The van der Waals surface area contributed by atoms with Crippen molar-refractivity contribution in [2.24, 2.45) is 5.73 Å². The van der Waals surface area contributed by atoms with Crippen LogP contribution in [-0.2, 0) is 11.2 Å². The van der Waals surface area contributed by atoms with E-state index in [2.05, 4.69) is 11.9 Å². The predicted octanol–water partition coefficient (Wildman–Crippen LogP) is 1.77. The van der Waals surface area contributed by atoms with Gasteiger partial charge in [0, 0.05) is 31.5 Å². The molecule has 1 heterocycles. The second-order valence-electron chi connectivity index (χ2n) is 3.91. The lowest BCUT2D eigenvalue weighted by atomic mass is 10.0. The Morgan fingerprint density at radius 3 is 2.80 bits per heavy atom. The zero-order valence-electron chi connectivity index (χ0n) is 9.52. The fraction of sp³-hybridized carbons (Fsp3) is 0.583. The first kappa shape index (κ1) is 12.1. The molecule has 84 valence electrons. The Balaban J connectivity index is 2.27. The number of methoxy groups -OCH3 is 1. The summed E-state index contributed by atoms with van der Waals surface area (Å²) in [4.78, 5) is 4.25. The van der Waals surface area contributed by atoms with Gasteiger partial charge in [0.2, 0.25) is 0 Å². The molecule has 2 atom stereocenters. The van der Waals surface area contributed by atoms with Gasteiger partial charge >= 0.3 is 0 Å². The molecule has 0 bridgehead atoms. The maximum Gasteiger partial charge on any atom is 0.0543 e. The van der Waals surface area contributed by atoms with E-state index in [1.165, 1.54) is 0 Å². The minimum absolute atomic E-state index is 0.178. The Morgan fingerprint density at radius 1 is 1.40 bits per heavy atom. The molecule has 15 heavy (non-hydrogen) atoms. The molecule has 0 aliphatic rings. The Labute approximate surface area is 91.7 Å². The van der Waals surface area contributed by atoms with Crippen molar-refractivity contribution in [3.8, 4) is 0 Å². The smallest absolute Gasteiger partial charge is 0.0543 e.